The van der Waals surface area contributed by atoms with Gasteiger partial charge in [0.25, 0.3) is 0 Å². The molecule has 0 bridgehead atoms. The number of aromatic nitrogens is 2. The highest BCUT2D eigenvalue weighted by atomic mass is 32.2. The van der Waals surface area contributed by atoms with Crippen molar-refractivity contribution in [3.63, 3.8) is 0 Å². The molecule has 0 saturated carbocycles. The number of anilines is 1. The van der Waals surface area contributed by atoms with Crippen molar-refractivity contribution in [2.45, 2.75) is 12.3 Å². The smallest absolute Gasteiger partial charge is 0.216 e. The Kier molecular flexibility index (Phi) is 5.04. The third-order valence-corrected chi connectivity index (χ3v) is 4.18. The van der Waals surface area contributed by atoms with Crippen LogP contribution in [0.15, 0.2) is 36.5 Å². The summed E-state index contributed by atoms with van der Waals surface area (Å²) in [7, 11) is -0.0163. The minimum atomic E-state index is -3.67. The molecule has 118 valence electrons. The maximum atomic E-state index is 13.5. The van der Waals surface area contributed by atoms with Crippen LogP contribution in [-0.4, -0.2) is 32.5 Å². The van der Waals surface area contributed by atoms with Crippen LogP contribution in [-0.2, 0) is 22.3 Å². The highest BCUT2D eigenvalue weighted by Crippen LogP contribution is 2.10. The lowest BCUT2D eigenvalue weighted by Gasteiger charge is -2.12. The Morgan fingerprint density at radius 1 is 1.23 bits per heavy atom. The zero-order chi connectivity index (χ0) is 16.2. The topological polar surface area (TPSA) is 75.2 Å². The lowest BCUT2D eigenvalue weighted by atomic mass is 10.2. The number of benzene rings is 1. The molecular formula is C14H17FN4O2S. The summed E-state index contributed by atoms with van der Waals surface area (Å²) in [6.45, 7) is -0.0432. The first-order valence-corrected chi connectivity index (χ1v) is 8.22. The SMILES string of the molecule is CN(C)c1ccnc(CNS(=O)(=O)Cc2ccccc2F)n1. The van der Waals surface area contributed by atoms with Gasteiger partial charge in [-0.2, -0.15) is 0 Å². The Labute approximate surface area is 129 Å². The van der Waals surface area contributed by atoms with Gasteiger partial charge in [0.05, 0.1) is 12.3 Å². The van der Waals surface area contributed by atoms with Gasteiger partial charge in [0.2, 0.25) is 10.0 Å². The van der Waals surface area contributed by atoms with Gasteiger partial charge in [0.15, 0.2) is 0 Å². The fraction of sp³-hybridized carbons (Fsp3) is 0.286. The van der Waals surface area contributed by atoms with E-state index in [0.29, 0.717) is 11.6 Å². The third kappa shape index (κ3) is 4.47. The summed E-state index contributed by atoms with van der Waals surface area (Å²) in [6, 6.07) is 7.50. The van der Waals surface area contributed by atoms with E-state index in [9.17, 15) is 12.8 Å². The number of hydrogen-bond acceptors (Lipinski definition) is 5. The fourth-order valence-corrected chi connectivity index (χ4v) is 2.86. The molecule has 0 aliphatic rings. The minimum Gasteiger partial charge on any atom is -0.363 e. The van der Waals surface area contributed by atoms with Crippen molar-refractivity contribution in [3.05, 3.63) is 53.7 Å². The van der Waals surface area contributed by atoms with Gasteiger partial charge in [-0.25, -0.2) is 27.5 Å². The molecule has 1 heterocycles. The van der Waals surface area contributed by atoms with Crippen LogP contribution in [0.4, 0.5) is 10.2 Å². The molecule has 0 amide bonds. The number of nitrogens with one attached hydrogen (secondary N) is 1. The molecule has 0 spiro atoms. The molecule has 22 heavy (non-hydrogen) atoms. The molecule has 0 unspecified atom stereocenters. The quantitative estimate of drug-likeness (QED) is 0.867. The summed E-state index contributed by atoms with van der Waals surface area (Å²) >= 11 is 0. The molecular weight excluding hydrogens is 307 g/mol. The zero-order valence-electron chi connectivity index (χ0n) is 12.3. The van der Waals surface area contributed by atoms with E-state index < -0.39 is 21.6 Å². The van der Waals surface area contributed by atoms with Crippen LogP contribution in [0.25, 0.3) is 0 Å². The van der Waals surface area contributed by atoms with Gasteiger partial charge in [0, 0.05) is 25.9 Å². The predicted octanol–water partition coefficient (Wildman–Crippen LogP) is 1.30. The molecule has 2 aromatic rings. The van der Waals surface area contributed by atoms with Crippen molar-refractivity contribution in [1.29, 1.82) is 0 Å². The number of rotatable bonds is 6. The van der Waals surface area contributed by atoms with Gasteiger partial charge in [-0.1, -0.05) is 18.2 Å². The predicted molar refractivity (Wildman–Crippen MR) is 82.2 cm³/mol. The van der Waals surface area contributed by atoms with E-state index in [4.69, 9.17) is 0 Å². The molecule has 0 aliphatic carbocycles. The Morgan fingerprint density at radius 2 is 1.95 bits per heavy atom. The number of sulfonamides is 1. The molecule has 1 aromatic carbocycles. The molecule has 8 heteroatoms. The van der Waals surface area contributed by atoms with Crippen molar-refractivity contribution in [3.8, 4) is 0 Å². The summed E-state index contributed by atoms with van der Waals surface area (Å²) in [5, 5.41) is 0. The first kappa shape index (κ1) is 16.3. The molecule has 0 radical (unpaired) electrons. The Hall–Kier alpha value is -2.06. The van der Waals surface area contributed by atoms with Crippen molar-refractivity contribution < 1.29 is 12.8 Å². The summed E-state index contributed by atoms with van der Waals surface area (Å²) in [4.78, 5) is 10.0. The molecule has 0 fully saturated rings. The van der Waals surface area contributed by atoms with Crippen LogP contribution in [0.5, 0.6) is 0 Å². The summed E-state index contributed by atoms with van der Waals surface area (Å²) < 4.78 is 39.9. The van der Waals surface area contributed by atoms with Gasteiger partial charge in [-0.3, -0.25) is 0 Å². The highest BCUT2D eigenvalue weighted by Gasteiger charge is 2.15. The van der Waals surface area contributed by atoms with Crippen LogP contribution < -0.4 is 9.62 Å². The molecule has 2 rings (SSSR count). The summed E-state index contributed by atoms with van der Waals surface area (Å²) in [5.41, 5.74) is 0.123. The summed E-state index contributed by atoms with van der Waals surface area (Å²) in [6.07, 6.45) is 1.56. The third-order valence-electron chi connectivity index (χ3n) is 2.90. The number of hydrogen-bond donors (Lipinski definition) is 1. The van der Waals surface area contributed by atoms with Crippen LogP contribution in [0.2, 0.25) is 0 Å². The van der Waals surface area contributed by atoms with Gasteiger partial charge >= 0.3 is 0 Å². The molecule has 1 N–H and O–H groups in total. The molecule has 0 atom stereocenters. The van der Waals surface area contributed by atoms with Crippen LogP contribution in [0.3, 0.4) is 0 Å². The van der Waals surface area contributed by atoms with Crippen LogP contribution in [0, 0.1) is 5.82 Å². The largest absolute Gasteiger partial charge is 0.363 e. The first-order chi connectivity index (χ1) is 10.4. The van der Waals surface area contributed by atoms with E-state index in [0.717, 1.165) is 0 Å². The molecule has 0 saturated heterocycles. The van der Waals surface area contributed by atoms with Crippen molar-refractivity contribution >= 4 is 15.8 Å². The van der Waals surface area contributed by atoms with Crippen molar-refractivity contribution in [2.75, 3.05) is 19.0 Å². The van der Waals surface area contributed by atoms with Gasteiger partial charge in [-0.15, -0.1) is 0 Å². The Bertz CT molecular complexity index is 750. The average Bonchev–Trinajstić information content (AvgIpc) is 2.48. The van der Waals surface area contributed by atoms with E-state index in [1.807, 2.05) is 14.1 Å². The van der Waals surface area contributed by atoms with E-state index in [1.165, 1.54) is 18.2 Å². The second-order valence-corrected chi connectivity index (χ2v) is 6.70. The van der Waals surface area contributed by atoms with Crippen LogP contribution in [0.1, 0.15) is 11.4 Å². The van der Waals surface area contributed by atoms with Gasteiger partial charge in [0.1, 0.15) is 17.5 Å². The van der Waals surface area contributed by atoms with Gasteiger partial charge < -0.3 is 4.90 Å². The summed E-state index contributed by atoms with van der Waals surface area (Å²) in [5.74, 6) is 0.0629. The lowest BCUT2D eigenvalue weighted by molar-refractivity contribution is 0.572. The number of nitrogens with zero attached hydrogens (tertiary/aromatic N) is 3. The molecule has 6 nitrogen and oxygen atoms in total. The lowest BCUT2D eigenvalue weighted by Crippen LogP contribution is -2.26. The normalized spacial score (nSPS) is 11.4. The Balaban J connectivity index is 2.04. The second-order valence-electron chi connectivity index (χ2n) is 4.90. The van der Waals surface area contributed by atoms with Crippen LogP contribution >= 0.6 is 0 Å². The van der Waals surface area contributed by atoms with Crippen molar-refractivity contribution in [2.24, 2.45) is 0 Å². The van der Waals surface area contributed by atoms with Gasteiger partial charge in [-0.05, 0) is 12.1 Å². The van der Waals surface area contributed by atoms with E-state index in [-0.39, 0.29) is 12.1 Å². The maximum absolute atomic E-state index is 13.5. The molecule has 1 aromatic heterocycles. The monoisotopic (exact) mass is 324 g/mol. The Morgan fingerprint density at radius 3 is 2.64 bits per heavy atom. The fourth-order valence-electron chi connectivity index (χ4n) is 1.77. The molecule has 0 aliphatic heterocycles. The maximum Gasteiger partial charge on any atom is 0.216 e. The van der Waals surface area contributed by atoms with E-state index in [1.54, 1.807) is 23.2 Å². The standard InChI is InChI=1S/C14H17FN4O2S/c1-19(2)14-7-8-16-13(18-14)9-17-22(20,21)10-11-5-3-4-6-12(11)15/h3-8,17H,9-10H2,1-2H3. The zero-order valence-corrected chi connectivity index (χ0v) is 13.1. The number of halogens is 1. The first-order valence-electron chi connectivity index (χ1n) is 6.57. The minimum absolute atomic E-state index is 0.0432. The van der Waals surface area contributed by atoms with E-state index >= 15 is 0 Å². The highest BCUT2D eigenvalue weighted by molar-refractivity contribution is 7.88. The second kappa shape index (κ2) is 6.80. The van der Waals surface area contributed by atoms with Crippen molar-refractivity contribution in [1.82, 2.24) is 14.7 Å². The van der Waals surface area contributed by atoms with E-state index in [2.05, 4.69) is 14.7 Å². The average molecular weight is 324 g/mol.